The first-order chi connectivity index (χ1) is 10.00. The highest BCUT2D eigenvalue weighted by atomic mass is 32.2. The maximum Gasteiger partial charge on any atom is 0.208 e. The fourth-order valence-electron chi connectivity index (χ4n) is 2.37. The van der Waals surface area contributed by atoms with Gasteiger partial charge in [0.05, 0.1) is 10.6 Å². The number of hydrogen-bond acceptors (Lipinski definition) is 4. The van der Waals surface area contributed by atoms with E-state index >= 15 is 0 Å². The number of sulfone groups is 1. The average Bonchev–Trinajstić information content (AvgIpc) is 2.70. The van der Waals surface area contributed by atoms with Gasteiger partial charge in [-0.15, -0.1) is 0 Å². The summed E-state index contributed by atoms with van der Waals surface area (Å²) in [6.45, 7) is 1.92. The number of para-hydroxylation sites is 1. The number of ether oxygens (including phenoxy) is 1. The molecule has 3 rings (SSSR count). The lowest BCUT2D eigenvalue weighted by Gasteiger charge is -2.10. The molecule has 5 heteroatoms. The molecular weight excluding hydrogens is 286 g/mol. The van der Waals surface area contributed by atoms with Crippen molar-refractivity contribution in [2.45, 2.75) is 11.8 Å². The number of nitrogens with two attached hydrogens (primary N) is 1. The average molecular weight is 301 g/mol. The molecule has 108 valence electrons. The quantitative estimate of drug-likeness (QED) is 0.885. The van der Waals surface area contributed by atoms with Gasteiger partial charge in [-0.2, -0.15) is 0 Å². The van der Waals surface area contributed by atoms with E-state index in [1.807, 2.05) is 31.2 Å². The maximum absolute atomic E-state index is 12.5. The molecule has 0 aliphatic carbocycles. The Labute approximate surface area is 123 Å². The van der Waals surface area contributed by atoms with Gasteiger partial charge in [-0.3, -0.25) is 0 Å². The molecule has 2 aromatic carbocycles. The minimum absolute atomic E-state index is 0.00130. The van der Waals surface area contributed by atoms with Crippen molar-refractivity contribution in [3.05, 3.63) is 58.5 Å². The molecule has 0 aromatic heterocycles. The lowest BCUT2D eigenvalue weighted by Crippen LogP contribution is -2.10. The Hall–Kier alpha value is -2.27. The molecule has 1 aliphatic rings. The first kappa shape index (κ1) is 13.7. The minimum Gasteiger partial charge on any atom is -0.488 e. The number of hydrogen-bond donors (Lipinski definition) is 1. The fraction of sp³-hybridized carbons (Fsp3) is 0.125. The van der Waals surface area contributed by atoms with E-state index in [9.17, 15) is 8.42 Å². The van der Waals surface area contributed by atoms with Crippen molar-refractivity contribution in [1.82, 2.24) is 0 Å². The van der Waals surface area contributed by atoms with Crippen LogP contribution in [0.15, 0.2) is 52.3 Å². The lowest BCUT2D eigenvalue weighted by molar-refractivity contribution is 0.356. The van der Waals surface area contributed by atoms with Crippen molar-refractivity contribution in [2.75, 3.05) is 12.3 Å². The van der Waals surface area contributed by atoms with Gasteiger partial charge in [-0.25, -0.2) is 8.42 Å². The molecule has 0 amide bonds. The van der Waals surface area contributed by atoms with Crippen LogP contribution in [0.2, 0.25) is 0 Å². The van der Waals surface area contributed by atoms with Gasteiger partial charge in [-0.1, -0.05) is 30.3 Å². The second kappa shape index (κ2) is 4.93. The fourth-order valence-corrected chi connectivity index (χ4v) is 3.94. The van der Waals surface area contributed by atoms with E-state index in [-0.39, 0.29) is 22.1 Å². The van der Waals surface area contributed by atoms with E-state index < -0.39 is 9.84 Å². The van der Waals surface area contributed by atoms with E-state index in [0.29, 0.717) is 11.3 Å². The normalized spacial score (nSPS) is 15.4. The van der Waals surface area contributed by atoms with Crippen LogP contribution in [0.1, 0.15) is 11.1 Å². The van der Waals surface area contributed by atoms with Crippen LogP contribution in [-0.4, -0.2) is 15.0 Å². The van der Waals surface area contributed by atoms with Gasteiger partial charge >= 0.3 is 0 Å². The highest BCUT2D eigenvalue weighted by Crippen LogP contribution is 2.36. The third kappa shape index (κ3) is 2.29. The van der Waals surface area contributed by atoms with Crippen LogP contribution in [0.5, 0.6) is 5.75 Å². The van der Waals surface area contributed by atoms with Gasteiger partial charge in [0.25, 0.3) is 0 Å². The standard InChI is InChI=1S/C16H15NO3S/c1-11-5-2-3-8-15(11)20-10-13-9-12-6-4-7-14(17)16(12)21(13,18)19/h2-9H,10,17H2,1H3. The molecule has 2 aromatic rings. The van der Waals surface area contributed by atoms with Crippen LogP contribution >= 0.6 is 0 Å². The molecule has 0 unspecified atom stereocenters. The first-order valence-corrected chi connectivity index (χ1v) is 8.01. The number of rotatable bonds is 3. The summed E-state index contributed by atoms with van der Waals surface area (Å²) in [6.07, 6.45) is 1.62. The van der Waals surface area contributed by atoms with E-state index in [4.69, 9.17) is 10.5 Å². The highest BCUT2D eigenvalue weighted by Gasteiger charge is 2.31. The van der Waals surface area contributed by atoms with Crippen LogP contribution in [0.4, 0.5) is 5.69 Å². The summed E-state index contributed by atoms with van der Waals surface area (Å²) in [4.78, 5) is 0.423. The maximum atomic E-state index is 12.5. The zero-order chi connectivity index (χ0) is 15.0. The molecule has 21 heavy (non-hydrogen) atoms. The van der Waals surface area contributed by atoms with Gasteiger partial charge in [-0.05, 0) is 36.3 Å². The third-order valence-electron chi connectivity index (χ3n) is 3.47. The van der Waals surface area contributed by atoms with Crippen LogP contribution in [0.3, 0.4) is 0 Å². The molecule has 1 heterocycles. The molecule has 0 saturated carbocycles. The second-order valence-corrected chi connectivity index (χ2v) is 6.87. The summed E-state index contributed by atoms with van der Waals surface area (Å²) in [7, 11) is -3.55. The summed E-state index contributed by atoms with van der Waals surface area (Å²) in [5.74, 6) is 0.678. The smallest absolute Gasteiger partial charge is 0.208 e. The highest BCUT2D eigenvalue weighted by molar-refractivity contribution is 7.96. The predicted molar refractivity (Wildman–Crippen MR) is 82.7 cm³/mol. The summed E-state index contributed by atoms with van der Waals surface area (Å²) >= 11 is 0. The van der Waals surface area contributed by atoms with Crippen molar-refractivity contribution in [1.29, 1.82) is 0 Å². The molecular formula is C16H15NO3S. The second-order valence-electron chi connectivity index (χ2n) is 4.93. The van der Waals surface area contributed by atoms with Crippen LogP contribution in [0, 0.1) is 6.92 Å². The van der Waals surface area contributed by atoms with Crippen molar-refractivity contribution in [3.8, 4) is 5.75 Å². The molecule has 0 saturated heterocycles. The summed E-state index contributed by atoms with van der Waals surface area (Å²) in [5, 5.41) is 0. The number of fused-ring (bicyclic) bond motifs is 1. The van der Waals surface area contributed by atoms with Crippen LogP contribution < -0.4 is 10.5 Å². The minimum atomic E-state index is -3.55. The number of aryl methyl sites for hydroxylation is 1. The Morgan fingerprint density at radius 3 is 2.57 bits per heavy atom. The molecule has 0 atom stereocenters. The van der Waals surface area contributed by atoms with Gasteiger partial charge in [0, 0.05) is 0 Å². The molecule has 0 fully saturated rings. The third-order valence-corrected chi connectivity index (χ3v) is 5.40. The largest absolute Gasteiger partial charge is 0.488 e. The Balaban J connectivity index is 1.89. The van der Waals surface area contributed by atoms with Crippen molar-refractivity contribution < 1.29 is 13.2 Å². The van der Waals surface area contributed by atoms with E-state index in [1.165, 1.54) is 0 Å². The SMILES string of the molecule is Cc1ccccc1OCC1=Cc2cccc(N)c2S1(=O)=O. The molecule has 2 N–H and O–H groups in total. The zero-order valence-corrected chi connectivity index (χ0v) is 12.4. The molecule has 0 spiro atoms. The summed E-state index contributed by atoms with van der Waals surface area (Å²) in [5.41, 5.74) is 7.65. The Morgan fingerprint density at radius 1 is 1.10 bits per heavy atom. The van der Waals surface area contributed by atoms with Crippen molar-refractivity contribution in [2.24, 2.45) is 0 Å². The Morgan fingerprint density at radius 2 is 1.86 bits per heavy atom. The lowest BCUT2D eigenvalue weighted by atomic mass is 10.2. The zero-order valence-electron chi connectivity index (χ0n) is 11.5. The summed E-state index contributed by atoms with van der Waals surface area (Å²) in [6, 6.07) is 12.6. The van der Waals surface area contributed by atoms with E-state index in [0.717, 1.165) is 5.56 Å². The van der Waals surface area contributed by atoms with Gasteiger partial charge in [0.2, 0.25) is 9.84 Å². The van der Waals surface area contributed by atoms with Crippen LogP contribution in [-0.2, 0) is 9.84 Å². The van der Waals surface area contributed by atoms with Crippen LogP contribution in [0.25, 0.3) is 6.08 Å². The molecule has 0 radical (unpaired) electrons. The van der Waals surface area contributed by atoms with Gasteiger partial charge in [0.1, 0.15) is 17.3 Å². The Bertz CT molecular complexity index is 838. The monoisotopic (exact) mass is 301 g/mol. The molecule has 0 bridgehead atoms. The van der Waals surface area contributed by atoms with Gasteiger partial charge < -0.3 is 10.5 Å². The van der Waals surface area contributed by atoms with E-state index in [1.54, 1.807) is 24.3 Å². The van der Waals surface area contributed by atoms with E-state index in [2.05, 4.69) is 0 Å². The van der Waals surface area contributed by atoms with Crippen molar-refractivity contribution >= 4 is 21.6 Å². The number of nitrogen functional groups attached to an aromatic ring is 1. The predicted octanol–water partition coefficient (Wildman–Crippen LogP) is 2.78. The topological polar surface area (TPSA) is 69.4 Å². The Kier molecular flexibility index (Phi) is 3.22. The first-order valence-electron chi connectivity index (χ1n) is 6.53. The summed E-state index contributed by atoms with van der Waals surface area (Å²) < 4.78 is 30.6. The number of benzene rings is 2. The molecule has 4 nitrogen and oxygen atoms in total. The number of anilines is 1. The van der Waals surface area contributed by atoms with Crippen molar-refractivity contribution in [3.63, 3.8) is 0 Å². The molecule has 1 aliphatic heterocycles. The van der Waals surface area contributed by atoms with Gasteiger partial charge in [0.15, 0.2) is 0 Å².